The minimum atomic E-state index is 0. The number of hydrogen-bond donors (Lipinski definition) is 2. The smallest absolute Gasteiger partial charge is 0.250 e. The van der Waals surface area contributed by atoms with Gasteiger partial charge in [0.15, 0.2) is 5.96 Å². The summed E-state index contributed by atoms with van der Waals surface area (Å²) in [6.45, 7) is 10.4. The molecule has 0 saturated heterocycles. The Labute approximate surface area is 213 Å². The number of rotatable bonds is 8. The van der Waals surface area contributed by atoms with Gasteiger partial charge in [-0.15, -0.1) is 24.0 Å². The fraction of sp³-hybridized carbons (Fsp3) is 0.400. The fourth-order valence-corrected chi connectivity index (χ4v) is 3.73. The van der Waals surface area contributed by atoms with Crippen LogP contribution in [-0.4, -0.2) is 32.9 Å². The molecular weight excluding hydrogens is 527 g/mol. The van der Waals surface area contributed by atoms with E-state index in [0.29, 0.717) is 13.1 Å². The van der Waals surface area contributed by atoms with Gasteiger partial charge in [-0.2, -0.15) is 5.10 Å². The van der Waals surface area contributed by atoms with Crippen molar-refractivity contribution < 1.29 is 0 Å². The van der Waals surface area contributed by atoms with Gasteiger partial charge in [0.05, 0.1) is 18.8 Å². The predicted octanol–water partition coefficient (Wildman–Crippen LogP) is 3.55. The Bertz CT molecular complexity index is 1120. The molecule has 3 rings (SSSR count). The molecule has 0 fully saturated rings. The Morgan fingerprint density at radius 1 is 1.12 bits per heavy atom. The summed E-state index contributed by atoms with van der Waals surface area (Å²) in [6.07, 6.45) is 2.70. The van der Waals surface area contributed by atoms with Crippen molar-refractivity contribution in [1.82, 2.24) is 25.0 Å². The number of nitrogens with zero attached hydrogens (tertiary/aromatic N) is 4. The molecule has 0 radical (unpaired) electrons. The van der Waals surface area contributed by atoms with E-state index in [4.69, 9.17) is 4.99 Å². The molecule has 178 valence electrons. The maximum Gasteiger partial charge on any atom is 0.250 e. The monoisotopic (exact) mass is 562 g/mol. The summed E-state index contributed by atoms with van der Waals surface area (Å²) >= 11 is 0. The number of guanidine groups is 1. The number of aryl methyl sites for hydroxylation is 2. The normalized spacial score (nSPS) is 12.2. The van der Waals surface area contributed by atoms with E-state index >= 15 is 0 Å². The Morgan fingerprint density at radius 2 is 1.82 bits per heavy atom. The van der Waals surface area contributed by atoms with Crippen molar-refractivity contribution in [2.24, 2.45) is 12.0 Å². The highest BCUT2D eigenvalue weighted by molar-refractivity contribution is 14.0. The summed E-state index contributed by atoms with van der Waals surface area (Å²) < 4.78 is 3.64. The van der Waals surface area contributed by atoms with Crippen LogP contribution in [0.2, 0.25) is 0 Å². The Balaban J connectivity index is 0.00000385. The van der Waals surface area contributed by atoms with Crippen LogP contribution < -0.4 is 16.2 Å². The molecule has 0 bridgehead atoms. The molecule has 1 atom stereocenters. The topological polar surface area (TPSA) is 76.2 Å². The molecule has 0 amide bonds. The van der Waals surface area contributed by atoms with E-state index in [0.717, 1.165) is 35.7 Å². The first kappa shape index (κ1) is 26.6. The van der Waals surface area contributed by atoms with Crippen LogP contribution in [0, 0.1) is 13.8 Å². The molecule has 7 nitrogen and oxygen atoms in total. The third kappa shape index (κ3) is 7.45. The molecule has 0 spiro atoms. The molecule has 0 aliphatic heterocycles. The number of halogens is 1. The zero-order valence-electron chi connectivity index (χ0n) is 20.1. The Hall–Kier alpha value is -2.62. The minimum absolute atomic E-state index is 0. The Kier molecular flexibility index (Phi) is 10.1. The number of hydrogen-bond acceptors (Lipinski definition) is 3. The van der Waals surface area contributed by atoms with E-state index in [2.05, 4.69) is 67.7 Å². The number of aliphatic imine (C=N–C) groups is 1. The van der Waals surface area contributed by atoms with Crippen molar-refractivity contribution in [3.8, 4) is 0 Å². The molecule has 2 N–H and O–H groups in total. The van der Waals surface area contributed by atoms with Crippen molar-refractivity contribution in [1.29, 1.82) is 0 Å². The maximum atomic E-state index is 11.9. The molecule has 0 aliphatic rings. The fourth-order valence-electron chi connectivity index (χ4n) is 3.73. The van der Waals surface area contributed by atoms with Gasteiger partial charge in [0.25, 0.3) is 5.56 Å². The van der Waals surface area contributed by atoms with Crippen LogP contribution in [0.3, 0.4) is 0 Å². The summed E-state index contributed by atoms with van der Waals surface area (Å²) in [5.74, 6) is 0.805. The van der Waals surface area contributed by atoms with Gasteiger partial charge in [-0.25, -0.2) is 4.99 Å². The molecule has 33 heavy (non-hydrogen) atoms. The lowest BCUT2D eigenvalue weighted by Crippen LogP contribution is -2.43. The summed E-state index contributed by atoms with van der Waals surface area (Å²) in [5.41, 5.74) is 5.80. The van der Waals surface area contributed by atoms with Crippen LogP contribution in [0.15, 0.2) is 58.4 Å². The van der Waals surface area contributed by atoms with Crippen LogP contribution in [-0.2, 0) is 26.6 Å². The van der Waals surface area contributed by atoms with Gasteiger partial charge in [0.2, 0.25) is 0 Å². The van der Waals surface area contributed by atoms with Crippen LogP contribution in [0.25, 0.3) is 0 Å². The highest BCUT2D eigenvalue weighted by atomic mass is 127. The van der Waals surface area contributed by atoms with E-state index in [1.807, 2.05) is 24.0 Å². The lowest BCUT2D eigenvalue weighted by atomic mass is 10.1. The van der Waals surface area contributed by atoms with Crippen molar-refractivity contribution in [2.45, 2.75) is 53.2 Å². The SMILES string of the molecule is CCNC(=NCc1ccc(Cn2ccccc2=O)cc1)NC(C)Cc1c(C)nn(C)c1C.I. The zero-order valence-corrected chi connectivity index (χ0v) is 22.5. The molecular formula is C25H35IN6O. The first-order valence-corrected chi connectivity index (χ1v) is 11.1. The van der Waals surface area contributed by atoms with Crippen molar-refractivity contribution >= 4 is 29.9 Å². The summed E-state index contributed by atoms with van der Waals surface area (Å²) in [4.78, 5) is 16.7. The maximum absolute atomic E-state index is 11.9. The zero-order chi connectivity index (χ0) is 23.1. The van der Waals surface area contributed by atoms with Gasteiger partial charge in [0, 0.05) is 37.6 Å². The molecule has 8 heteroatoms. The standard InChI is InChI=1S/C25H34N6O.HI/c1-6-26-25(28-18(2)15-23-19(3)29-30(5)20(23)4)27-16-21-10-12-22(13-11-21)17-31-14-8-7-9-24(31)32;/h7-14,18H,6,15-17H2,1-5H3,(H2,26,27,28);1H. The first-order valence-electron chi connectivity index (χ1n) is 11.1. The summed E-state index contributed by atoms with van der Waals surface area (Å²) in [6, 6.07) is 13.7. The second-order valence-corrected chi connectivity index (χ2v) is 8.20. The lowest BCUT2D eigenvalue weighted by Gasteiger charge is -2.18. The van der Waals surface area contributed by atoms with Crippen molar-refractivity contribution in [2.75, 3.05) is 6.54 Å². The van der Waals surface area contributed by atoms with Crippen molar-refractivity contribution in [3.63, 3.8) is 0 Å². The molecule has 0 aliphatic carbocycles. The molecule has 2 aromatic heterocycles. The highest BCUT2D eigenvalue weighted by Gasteiger charge is 2.14. The van der Waals surface area contributed by atoms with Gasteiger partial charge in [-0.05, 0) is 56.9 Å². The molecule has 1 aromatic carbocycles. The second kappa shape index (κ2) is 12.6. The number of benzene rings is 1. The molecule has 2 heterocycles. The van der Waals surface area contributed by atoms with Gasteiger partial charge in [-0.3, -0.25) is 9.48 Å². The summed E-state index contributed by atoms with van der Waals surface area (Å²) in [7, 11) is 1.98. The third-order valence-corrected chi connectivity index (χ3v) is 5.59. The number of aromatic nitrogens is 3. The summed E-state index contributed by atoms with van der Waals surface area (Å²) in [5, 5.41) is 11.4. The highest BCUT2D eigenvalue weighted by Crippen LogP contribution is 2.14. The minimum Gasteiger partial charge on any atom is -0.357 e. The average Bonchev–Trinajstić information content (AvgIpc) is 3.00. The predicted molar refractivity (Wildman–Crippen MR) is 145 cm³/mol. The van der Waals surface area contributed by atoms with E-state index in [-0.39, 0.29) is 35.6 Å². The Morgan fingerprint density at radius 3 is 2.42 bits per heavy atom. The average molecular weight is 563 g/mol. The van der Waals surface area contributed by atoms with Crippen molar-refractivity contribution in [3.05, 3.63) is 87.1 Å². The first-order chi connectivity index (χ1) is 15.4. The molecule has 3 aromatic rings. The van der Waals surface area contributed by atoms with Gasteiger partial charge < -0.3 is 15.2 Å². The van der Waals surface area contributed by atoms with Crippen LogP contribution in [0.1, 0.15) is 41.9 Å². The lowest BCUT2D eigenvalue weighted by molar-refractivity contribution is 0.635. The van der Waals surface area contributed by atoms with E-state index < -0.39 is 0 Å². The largest absolute Gasteiger partial charge is 0.357 e. The van der Waals surface area contributed by atoms with Crippen LogP contribution >= 0.6 is 24.0 Å². The van der Waals surface area contributed by atoms with Gasteiger partial charge in [0.1, 0.15) is 0 Å². The van der Waals surface area contributed by atoms with Crippen LogP contribution in [0.4, 0.5) is 0 Å². The number of nitrogens with one attached hydrogen (secondary N) is 2. The molecule has 1 unspecified atom stereocenters. The van der Waals surface area contributed by atoms with Gasteiger partial charge in [-0.1, -0.05) is 30.3 Å². The van der Waals surface area contributed by atoms with E-state index in [9.17, 15) is 4.79 Å². The molecule has 0 saturated carbocycles. The second-order valence-electron chi connectivity index (χ2n) is 8.20. The third-order valence-electron chi connectivity index (χ3n) is 5.59. The van der Waals surface area contributed by atoms with Gasteiger partial charge >= 0.3 is 0 Å². The van der Waals surface area contributed by atoms with E-state index in [1.165, 1.54) is 11.3 Å². The quantitative estimate of drug-likeness (QED) is 0.250. The number of pyridine rings is 1. The van der Waals surface area contributed by atoms with Crippen LogP contribution in [0.5, 0.6) is 0 Å². The van der Waals surface area contributed by atoms with E-state index in [1.54, 1.807) is 16.7 Å².